The van der Waals surface area contributed by atoms with Crippen LogP contribution >= 0.6 is 0 Å². The van der Waals surface area contributed by atoms with Crippen LogP contribution in [0.25, 0.3) is 0 Å². The van der Waals surface area contributed by atoms with Crippen LogP contribution in [-0.2, 0) is 14.3 Å². The Hall–Kier alpha value is -1.65. The first-order chi connectivity index (χ1) is 11.1. The molecular weight excluding hydrogens is 308 g/mol. The molecule has 0 saturated heterocycles. The number of hydrogen-bond donors (Lipinski definition) is 0. The summed E-state index contributed by atoms with van der Waals surface area (Å²) in [7, 11) is -3.67. The van der Waals surface area contributed by atoms with Gasteiger partial charge in [-0.1, -0.05) is 48.5 Å². The lowest BCUT2D eigenvalue weighted by atomic mass is 9.83. The molecule has 0 aliphatic heterocycles. The van der Waals surface area contributed by atoms with E-state index in [-0.39, 0.29) is 11.0 Å². The van der Waals surface area contributed by atoms with E-state index in [0.717, 1.165) is 31.2 Å². The minimum absolute atomic E-state index is 0.209. The maximum atomic E-state index is 12.5. The van der Waals surface area contributed by atoms with Gasteiger partial charge < -0.3 is 0 Å². The van der Waals surface area contributed by atoms with E-state index in [2.05, 4.69) is 24.3 Å². The van der Waals surface area contributed by atoms with E-state index >= 15 is 0 Å². The van der Waals surface area contributed by atoms with Crippen LogP contribution in [0, 0.1) is 6.92 Å². The molecular formula is C19H22O3S. The van der Waals surface area contributed by atoms with Gasteiger partial charge in [0.1, 0.15) is 0 Å². The molecule has 1 fully saturated rings. The summed E-state index contributed by atoms with van der Waals surface area (Å²) in [4.78, 5) is 0.283. The molecule has 1 aliphatic carbocycles. The molecule has 122 valence electrons. The van der Waals surface area contributed by atoms with Crippen molar-refractivity contribution in [2.75, 3.05) is 0 Å². The minimum Gasteiger partial charge on any atom is -0.263 e. The van der Waals surface area contributed by atoms with E-state index in [1.54, 1.807) is 25.1 Å². The Morgan fingerprint density at radius 2 is 1.48 bits per heavy atom. The first-order valence-electron chi connectivity index (χ1n) is 8.10. The van der Waals surface area contributed by atoms with Gasteiger partial charge in [0.25, 0.3) is 10.1 Å². The van der Waals surface area contributed by atoms with Crippen LogP contribution in [0.1, 0.15) is 42.7 Å². The Morgan fingerprint density at radius 1 is 0.870 bits per heavy atom. The summed E-state index contributed by atoms with van der Waals surface area (Å²) in [5.74, 6) is 0.511. The molecule has 2 aromatic rings. The first-order valence-corrected chi connectivity index (χ1v) is 9.51. The van der Waals surface area contributed by atoms with E-state index in [4.69, 9.17) is 4.18 Å². The molecule has 0 N–H and O–H groups in total. The Labute approximate surface area is 138 Å². The lowest BCUT2D eigenvalue weighted by molar-refractivity contribution is 0.153. The highest BCUT2D eigenvalue weighted by molar-refractivity contribution is 7.86. The van der Waals surface area contributed by atoms with Crippen LogP contribution in [0.3, 0.4) is 0 Å². The maximum absolute atomic E-state index is 12.5. The highest BCUT2D eigenvalue weighted by Crippen LogP contribution is 2.35. The molecule has 0 atom stereocenters. The highest BCUT2D eigenvalue weighted by atomic mass is 32.2. The first kappa shape index (κ1) is 16.2. The topological polar surface area (TPSA) is 43.4 Å². The summed E-state index contributed by atoms with van der Waals surface area (Å²) in [6, 6.07) is 17.4. The van der Waals surface area contributed by atoms with Crippen molar-refractivity contribution in [3.05, 3.63) is 65.7 Å². The summed E-state index contributed by atoms with van der Waals surface area (Å²) < 4.78 is 30.4. The van der Waals surface area contributed by atoms with Crippen LogP contribution in [-0.4, -0.2) is 14.5 Å². The molecule has 0 radical (unpaired) electrons. The zero-order valence-corrected chi connectivity index (χ0v) is 14.1. The molecule has 23 heavy (non-hydrogen) atoms. The molecule has 0 amide bonds. The molecule has 3 rings (SSSR count). The van der Waals surface area contributed by atoms with Crippen molar-refractivity contribution in [1.29, 1.82) is 0 Å². The molecule has 0 heterocycles. The third-order valence-electron chi connectivity index (χ3n) is 4.57. The van der Waals surface area contributed by atoms with Gasteiger partial charge in [-0.2, -0.15) is 8.42 Å². The highest BCUT2D eigenvalue weighted by Gasteiger charge is 2.28. The molecule has 3 nitrogen and oxygen atoms in total. The van der Waals surface area contributed by atoms with Crippen LogP contribution in [0.15, 0.2) is 59.5 Å². The monoisotopic (exact) mass is 330 g/mol. The van der Waals surface area contributed by atoms with Crippen LogP contribution in [0.2, 0.25) is 0 Å². The second-order valence-corrected chi connectivity index (χ2v) is 7.74. The van der Waals surface area contributed by atoms with Crippen molar-refractivity contribution in [2.24, 2.45) is 0 Å². The lowest BCUT2D eigenvalue weighted by Gasteiger charge is -2.28. The smallest absolute Gasteiger partial charge is 0.263 e. The van der Waals surface area contributed by atoms with Crippen LogP contribution < -0.4 is 0 Å². The van der Waals surface area contributed by atoms with Crippen molar-refractivity contribution in [3.8, 4) is 0 Å². The number of benzene rings is 2. The Balaban J connectivity index is 1.64. The van der Waals surface area contributed by atoms with E-state index in [1.165, 1.54) is 5.56 Å². The quantitative estimate of drug-likeness (QED) is 0.779. The van der Waals surface area contributed by atoms with Gasteiger partial charge in [0, 0.05) is 0 Å². The van der Waals surface area contributed by atoms with E-state index in [1.807, 2.05) is 12.1 Å². The largest absolute Gasteiger partial charge is 0.297 e. The number of rotatable bonds is 4. The average molecular weight is 330 g/mol. The normalized spacial score (nSPS) is 22.0. The van der Waals surface area contributed by atoms with E-state index in [0.29, 0.717) is 5.92 Å². The van der Waals surface area contributed by atoms with Gasteiger partial charge >= 0.3 is 0 Å². The van der Waals surface area contributed by atoms with Gasteiger partial charge in [0.2, 0.25) is 0 Å². The average Bonchev–Trinajstić information content (AvgIpc) is 2.56. The summed E-state index contributed by atoms with van der Waals surface area (Å²) in [6.07, 6.45) is 3.30. The fraction of sp³-hybridized carbons (Fsp3) is 0.368. The van der Waals surface area contributed by atoms with Gasteiger partial charge in [0.05, 0.1) is 11.0 Å². The molecule has 2 aromatic carbocycles. The van der Waals surface area contributed by atoms with Crippen LogP contribution in [0.5, 0.6) is 0 Å². The molecule has 0 bridgehead atoms. The van der Waals surface area contributed by atoms with Gasteiger partial charge in [-0.25, -0.2) is 0 Å². The van der Waals surface area contributed by atoms with Gasteiger partial charge in [-0.3, -0.25) is 4.18 Å². The third-order valence-corrected chi connectivity index (χ3v) is 6.09. The minimum atomic E-state index is -3.67. The molecule has 1 aliphatic rings. The maximum Gasteiger partial charge on any atom is 0.297 e. The number of hydrogen-bond acceptors (Lipinski definition) is 3. The molecule has 4 heteroatoms. The fourth-order valence-corrected chi connectivity index (χ4v) is 4.65. The summed E-state index contributed by atoms with van der Waals surface area (Å²) in [6.45, 7) is 1.79. The molecule has 1 saturated carbocycles. The fourth-order valence-electron chi connectivity index (χ4n) is 3.29. The summed E-state index contributed by atoms with van der Waals surface area (Å²) in [5, 5.41) is 0. The summed E-state index contributed by atoms with van der Waals surface area (Å²) in [5.41, 5.74) is 2.07. The molecule has 0 unspecified atom stereocenters. The van der Waals surface area contributed by atoms with E-state index in [9.17, 15) is 8.42 Å². The van der Waals surface area contributed by atoms with Crippen LogP contribution in [0.4, 0.5) is 0 Å². The van der Waals surface area contributed by atoms with Crippen molar-refractivity contribution in [3.63, 3.8) is 0 Å². The second kappa shape index (κ2) is 6.85. The van der Waals surface area contributed by atoms with Gasteiger partial charge in [0.15, 0.2) is 0 Å². The summed E-state index contributed by atoms with van der Waals surface area (Å²) >= 11 is 0. The zero-order chi connectivity index (χ0) is 16.3. The Kier molecular flexibility index (Phi) is 4.83. The SMILES string of the molecule is Cc1ccccc1S(=O)(=O)OC1CCC(c2ccccc2)CC1. The van der Waals surface area contributed by atoms with Gasteiger partial charge in [-0.15, -0.1) is 0 Å². The second-order valence-electron chi connectivity index (χ2n) is 6.20. The standard InChI is InChI=1S/C19H22O3S/c1-15-7-5-6-10-19(15)23(20,21)22-18-13-11-17(12-14-18)16-8-3-2-4-9-16/h2-10,17-18H,11-14H2,1H3. The predicted octanol–water partition coefficient (Wildman–Crippen LogP) is 4.43. The Morgan fingerprint density at radius 3 is 2.13 bits per heavy atom. The van der Waals surface area contributed by atoms with Crippen molar-refractivity contribution in [2.45, 2.75) is 49.5 Å². The third kappa shape index (κ3) is 3.82. The van der Waals surface area contributed by atoms with E-state index < -0.39 is 10.1 Å². The molecule has 0 aromatic heterocycles. The zero-order valence-electron chi connectivity index (χ0n) is 13.3. The van der Waals surface area contributed by atoms with Gasteiger partial charge in [-0.05, 0) is 55.7 Å². The predicted molar refractivity (Wildman–Crippen MR) is 90.9 cm³/mol. The van der Waals surface area contributed by atoms with Crippen molar-refractivity contribution < 1.29 is 12.6 Å². The number of aryl methyl sites for hydroxylation is 1. The van der Waals surface area contributed by atoms with Crippen molar-refractivity contribution >= 4 is 10.1 Å². The lowest BCUT2D eigenvalue weighted by Crippen LogP contribution is -2.24. The van der Waals surface area contributed by atoms with Crippen molar-refractivity contribution in [1.82, 2.24) is 0 Å². The Bertz CT molecular complexity index is 745. The molecule has 0 spiro atoms.